The number of nitrogens with zero attached hydrogens (tertiary/aromatic N) is 2. The van der Waals surface area contributed by atoms with Crippen LogP contribution in [0.4, 0.5) is 0 Å². The van der Waals surface area contributed by atoms with Gasteiger partial charge in [-0.2, -0.15) is 0 Å². The topological polar surface area (TPSA) is 31.5 Å². The van der Waals surface area contributed by atoms with Gasteiger partial charge in [0, 0.05) is 23.6 Å². The molecule has 2 fully saturated rings. The third kappa shape index (κ3) is 5.74. The SMILES string of the molecule is COc1ccc(C2CCCN(CCCN3CCC(c4c[nH]c5ccccc45)CC3)C2)cc1.Cl. The molecule has 0 amide bonds. The van der Waals surface area contributed by atoms with E-state index in [-0.39, 0.29) is 12.4 Å². The van der Waals surface area contributed by atoms with Crippen LogP contribution in [0.15, 0.2) is 54.7 Å². The van der Waals surface area contributed by atoms with Crippen LogP contribution < -0.4 is 4.74 Å². The van der Waals surface area contributed by atoms with E-state index < -0.39 is 0 Å². The van der Waals surface area contributed by atoms with E-state index >= 15 is 0 Å². The Bertz CT molecular complexity index is 994. The van der Waals surface area contributed by atoms with Crippen molar-refractivity contribution >= 4 is 23.3 Å². The molecule has 178 valence electrons. The highest BCUT2D eigenvalue weighted by Gasteiger charge is 2.24. The van der Waals surface area contributed by atoms with Crippen LogP contribution in [0.3, 0.4) is 0 Å². The monoisotopic (exact) mass is 467 g/mol. The Balaban J connectivity index is 0.00000259. The van der Waals surface area contributed by atoms with Gasteiger partial charge in [0.1, 0.15) is 5.75 Å². The number of ether oxygens (including phenoxy) is 1. The van der Waals surface area contributed by atoms with Gasteiger partial charge in [0.05, 0.1) is 7.11 Å². The normalized spacial score (nSPS) is 20.6. The molecule has 0 spiro atoms. The first-order valence-electron chi connectivity index (χ1n) is 12.4. The highest BCUT2D eigenvalue weighted by molar-refractivity contribution is 5.85. The molecule has 33 heavy (non-hydrogen) atoms. The minimum Gasteiger partial charge on any atom is -0.497 e. The molecule has 0 saturated carbocycles. The highest BCUT2D eigenvalue weighted by Crippen LogP contribution is 2.33. The average molecular weight is 468 g/mol. The number of aromatic amines is 1. The van der Waals surface area contributed by atoms with Crippen LogP contribution in [0.1, 0.15) is 55.1 Å². The molecule has 1 N–H and O–H groups in total. The van der Waals surface area contributed by atoms with Gasteiger partial charge in [-0.1, -0.05) is 30.3 Å². The van der Waals surface area contributed by atoms with Gasteiger partial charge in [-0.25, -0.2) is 0 Å². The van der Waals surface area contributed by atoms with Crippen molar-refractivity contribution in [3.05, 3.63) is 65.9 Å². The number of nitrogens with one attached hydrogen (secondary N) is 1. The Labute approximate surface area is 204 Å². The maximum absolute atomic E-state index is 5.32. The van der Waals surface area contributed by atoms with Crippen molar-refractivity contribution < 1.29 is 4.74 Å². The van der Waals surface area contributed by atoms with Crippen LogP contribution in [0, 0.1) is 0 Å². The van der Waals surface area contributed by atoms with Crippen LogP contribution >= 0.6 is 12.4 Å². The van der Waals surface area contributed by atoms with Gasteiger partial charge >= 0.3 is 0 Å². The first-order valence-corrected chi connectivity index (χ1v) is 12.4. The van der Waals surface area contributed by atoms with Crippen LogP contribution in [0.2, 0.25) is 0 Å². The number of benzene rings is 2. The second kappa shape index (κ2) is 11.4. The zero-order valence-corrected chi connectivity index (χ0v) is 20.7. The van der Waals surface area contributed by atoms with Crippen LogP contribution in [-0.4, -0.2) is 61.2 Å². The van der Waals surface area contributed by atoms with Crippen molar-refractivity contribution in [3.63, 3.8) is 0 Å². The third-order valence-corrected chi connectivity index (χ3v) is 7.69. The summed E-state index contributed by atoms with van der Waals surface area (Å²) in [6.45, 7) is 7.40. The molecule has 0 radical (unpaired) electrons. The molecule has 2 saturated heterocycles. The van der Waals surface area contributed by atoms with Crippen LogP contribution in [0.25, 0.3) is 10.9 Å². The number of halogens is 1. The number of H-pyrrole nitrogens is 1. The van der Waals surface area contributed by atoms with E-state index in [9.17, 15) is 0 Å². The summed E-state index contributed by atoms with van der Waals surface area (Å²) in [6, 6.07) is 17.5. The zero-order valence-electron chi connectivity index (χ0n) is 19.8. The molecular formula is C28H38ClN3O. The molecule has 2 aliphatic rings. The number of para-hydroxylation sites is 1. The molecule has 1 aromatic heterocycles. The Morgan fingerprint density at radius 1 is 0.879 bits per heavy atom. The number of methoxy groups -OCH3 is 1. The molecule has 0 aliphatic carbocycles. The predicted octanol–water partition coefficient (Wildman–Crippen LogP) is 6.05. The lowest BCUT2D eigenvalue weighted by atomic mass is 9.89. The lowest BCUT2D eigenvalue weighted by molar-refractivity contribution is 0.173. The Kier molecular flexibility index (Phi) is 8.34. The summed E-state index contributed by atoms with van der Waals surface area (Å²) in [5, 5.41) is 1.42. The Hall–Kier alpha value is -2.01. The molecular weight excluding hydrogens is 430 g/mol. The van der Waals surface area contributed by atoms with Crippen molar-refractivity contribution in [1.29, 1.82) is 0 Å². The van der Waals surface area contributed by atoms with Crippen molar-refractivity contribution in [1.82, 2.24) is 14.8 Å². The number of likely N-dealkylation sites (tertiary alicyclic amines) is 2. The summed E-state index contributed by atoms with van der Waals surface area (Å²) in [7, 11) is 1.74. The smallest absolute Gasteiger partial charge is 0.118 e. The minimum absolute atomic E-state index is 0. The largest absolute Gasteiger partial charge is 0.497 e. The van der Waals surface area contributed by atoms with Crippen LogP contribution in [0.5, 0.6) is 5.75 Å². The predicted molar refractivity (Wildman–Crippen MR) is 140 cm³/mol. The van der Waals surface area contributed by atoms with Crippen molar-refractivity contribution in [2.24, 2.45) is 0 Å². The van der Waals surface area contributed by atoms with E-state index in [1.807, 2.05) is 0 Å². The molecule has 5 rings (SSSR count). The molecule has 5 heteroatoms. The first kappa shape index (κ1) is 24.1. The summed E-state index contributed by atoms with van der Waals surface area (Å²) in [5.74, 6) is 2.33. The van der Waals surface area contributed by atoms with E-state index in [2.05, 4.69) is 69.5 Å². The van der Waals surface area contributed by atoms with Gasteiger partial charge in [-0.05, 0) is 106 Å². The van der Waals surface area contributed by atoms with E-state index in [0.717, 1.165) is 5.75 Å². The molecule has 3 aromatic rings. The summed E-state index contributed by atoms with van der Waals surface area (Å²) < 4.78 is 5.32. The van der Waals surface area contributed by atoms with E-state index in [1.165, 1.54) is 93.4 Å². The number of hydrogen-bond donors (Lipinski definition) is 1. The molecule has 0 bridgehead atoms. The Morgan fingerprint density at radius 2 is 1.64 bits per heavy atom. The summed E-state index contributed by atoms with van der Waals surface area (Å²) in [6.07, 6.45) is 8.72. The fourth-order valence-electron chi connectivity index (χ4n) is 5.82. The zero-order chi connectivity index (χ0) is 21.8. The standard InChI is InChI=1S/C28H37N3O.ClH/c1-32-25-11-9-22(10-12-25)24-6-4-15-31(21-24)17-5-16-30-18-13-23(14-19-30)27-20-29-28-8-3-2-7-26(27)28;/h2-3,7-12,20,23-24,29H,4-6,13-19,21H2,1H3;1H. The average Bonchev–Trinajstić information content (AvgIpc) is 3.29. The van der Waals surface area contributed by atoms with Gasteiger partial charge in [0.2, 0.25) is 0 Å². The second-order valence-electron chi connectivity index (χ2n) is 9.67. The van der Waals surface area contributed by atoms with E-state index in [1.54, 1.807) is 7.11 Å². The maximum Gasteiger partial charge on any atom is 0.118 e. The number of aromatic nitrogens is 1. The van der Waals surface area contributed by atoms with Gasteiger partial charge in [-0.3, -0.25) is 0 Å². The number of fused-ring (bicyclic) bond motifs is 1. The second-order valence-corrected chi connectivity index (χ2v) is 9.67. The van der Waals surface area contributed by atoms with Gasteiger partial charge < -0.3 is 19.5 Å². The van der Waals surface area contributed by atoms with E-state index in [0.29, 0.717) is 11.8 Å². The van der Waals surface area contributed by atoms with Crippen molar-refractivity contribution in [2.45, 2.75) is 43.9 Å². The fraction of sp³-hybridized carbons (Fsp3) is 0.500. The lowest BCUT2D eigenvalue weighted by Gasteiger charge is -2.35. The maximum atomic E-state index is 5.32. The quantitative estimate of drug-likeness (QED) is 0.459. The van der Waals surface area contributed by atoms with Crippen LogP contribution in [-0.2, 0) is 0 Å². The fourth-order valence-corrected chi connectivity index (χ4v) is 5.82. The number of rotatable bonds is 7. The highest BCUT2D eigenvalue weighted by atomic mass is 35.5. The molecule has 1 atom stereocenters. The Morgan fingerprint density at radius 3 is 2.42 bits per heavy atom. The number of piperidine rings is 2. The third-order valence-electron chi connectivity index (χ3n) is 7.69. The van der Waals surface area contributed by atoms with Gasteiger partial charge in [0.15, 0.2) is 0 Å². The molecule has 1 unspecified atom stereocenters. The van der Waals surface area contributed by atoms with Crippen molar-refractivity contribution in [3.8, 4) is 5.75 Å². The minimum atomic E-state index is 0. The van der Waals surface area contributed by atoms with E-state index in [4.69, 9.17) is 4.74 Å². The molecule has 3 heterocycles. The van der Waals surface area contributed by atoms with Gasteiger partial charge in [-0.15, -0.1) is 12.4 Å². The summed E-state index contributed by atoms with van der Waals surface area (Å²) >= 11 is 0. The summed E-state index contributed by atoms with van der Waals surface area (Å²) in [4.78, 5) is 8.85. The van der Waals surface area contributed by atoms with Crippen molar-refractivity contribution in [2.75, 3.05) is 46.4 Å². The lowest BCUT2D eigenvalue weighted by Crippen LogP contribution is -2.38. The molecule has 2 aromatic carbocycles. The molecule has 2 aliphatic heterocycles. The van der Waals surface area contributed by atoms with Gasteiger partial charge in [0.25, 0.3) is 0 Å². The summed E-state index contributed by atoms with van der Waals surface area (Å²) in [5.41, 5.74) is 4.27. The molecule has 4 nitrogen and oxygen atoms in total. The number of hydrogen-bond acceptors (Lipinski definition) is 3. The first-order chi connectivity index (χ1) is 15.8.